The smallest absolute Gasteiger partial charge is 0.494 e. The van der Waals surface area contributed by atoms with E-state index < -0.39 is 6.16 Å². The first-order chi connectivity index (χ1) is 14.7. The van der Waals surface area contributed by atoms with Crippen molar-refractivity contribution in [2.75, 3.05) is 6.61 Å². The molecule has 0 saturated heterocycles. The first-order valence-corrected chi connectivity index (χ1v) is 10.8. The molecule has 1 aliphatic carbocycles. The monoisotopic (exact) mass is 407 g/mol. The second kappa shape index (κ2) is 11.3. The minimum absolute atomic E-state index is 0.0788. The molecule has 0 aromatic heterocycles. The summed E-state index contributed by atoms with van der Waals surface area (Å²) in [5, 5.41) is 8.94. The van der Waals surface area contributed by atoms with Crippen LogP contribution in [0.2, 0.25) is 0 Å². The van der Waals surface area contributed by atoms with Crippen molar-refractivity contribution in [3.05, 3.63) is 48.5 Å². The average Bonchev–Trinajstić information content (AvgIpc) is 2.78. The Labute approximate surface area is 178 Å². The summed E-state index contributed by atoms with van der Waals surface area (Å²) in [7, 11) is 0. The lowest BCUT2D eigenvalue weighted by Gasteiger charge is -2.24. The highest BCUT2D eigenvalue weighted by Gasteiger charge is 2.24. The van der Waals surface area contributed by atoms with E-state index in [0.29, 0.717) is 18.6 Å². The number of ether oxygens (including phenoxy) is 3. The highest BCUT2D eigenvalue weighted by molar-refractivity contribution is 5.67. The van der Waals surface area contributed by atoms with Crippen molar-refractivity contribution in [3.8, 4) is 28.7 Å². The number of hydrogen-bond acceptors (Lipinski definition) is 5. The van der Waals surface area contributed by atoms with Crippen molar-refractivity contribution < 1.29 is 19.0 Å². The Hall–Kier alpha value is -3.00. The number of nitriles is 1. The number of carbonyl (C=O) groups excluding carboxylic acids is 1. The highest BCUT2D eigenvalue weighted by Crippen LogP contribution is 2.27. The van der Waals surface area contributed by atoms with Gasteiger partial charge in [-0.05, 0) is 67.5 Å². The Morgan fingerprint density at radius 1 is 0.933 bits per heavy atom. The van der Waals surface area contributed by atoms with Gasteiger partial charge >= 0.3 is 6.16 Å². The van der Waals surface area contributed by atoms with Gasteiger partial charge in [-0.15, -0.1) is 0 Å². The quantitative estimate of drug-likeness (QED) is 0.283. The van der Waals surface area contributed by atoms with E-state index in [1.54, 1.807) is 12.1 Å². The largest absolute Gasteiger partial charge is 0.514 e. The van der Waals surface area contributed by atoms with Gasteiger partial charge in [0.15, 0.2) is 0 Å². The fourth-order valence-corrected chi connectivity index (χ4v) is 3.57. The minimum Gasteiger partial charge on any atom is -0.494 e. The summed E-state index contributed by atoms with van der Waals surface area (Å²) >= 11 is 0. The van der Waals surface area contributed by atoms with Crippen LogP contribution in [0, 0.1) is 17.2 Å². The Balaban J connectivity index is 1.47. The molecule has 0 atom stereocenters. The molecule has 30 heavy (non-hydrogen) atoms. The van der Waals surface area contributed by atoms with E-state index >= 15 is 0 Å². The fourth-order valence-electron chi connectivity index (χ4n) is 3.57. The summed E-state index contributed by atoms with van der Waals surface area (Å²) in [5.41, 5.74) is 2.10. The van der Waals surface area contributed by atoms with Crippen molar-refractivity contribution in [2.45, 2.75) is 58.0 Å². The van der Waals surface area contributed by atoms with E-state index in [2.05, 4.69) is 13.0 Å². The fraction of sp³-hybridized carbons (Fsp3) is 0.440. The minimum atomic E-state index is -0.687. The zero-order chi connectivity index (χ0) is 21.2. The third-order valence-corrected chi connectivity index (χ3v) is 5.38. The molecule has 0 unspecified atom stereocenters. The zero-order valence-electron chi connectivity index (χ0n) is 17.5. The lowest BCUT2D eigenvalue weighted by Crippen LogP contribution is -2.25. The van der Waals surface area contributed by atoms with Gasteiger partial charge in [0.2, 0.25) is 0 Å². The van der Waals surface area contributed by atoms with Gasteiger partial charge in [-0.1, -0.05) is 44.0 Å². The van der Waals surface area contributed by atoms with Gasteiger partial charge in [0.25, 0.3) is 0 Å². The van der Waals surface area contributed by atoms with Gasteiger partial charge in [-0.3, -0.25) is 0 Å². The molecule has 1 fully saturated rings. The maximum Gasteiger partial charge on any atom is 0.514 e. The molecule has 0 bridgehead atoms. The first kappa shape index (κ1) is 21.7. The Bertz CT molecular complexity index is 831. The summed E-state index contributed by atoms with van der Waals surface area (Å²) in [4.78, 5) is 12.0. The van der Waals surface area contributed by atoms with Crippen LogP contribution in [0.25, 0.3) is 11.1 Å². The van der Waals surface area contributed by atoms with Gasteiger partial charge in [0, 0.05) is 5.92 Å². The van der Waals surface area contributed by atoms with Crippen LogP contribution in [-0.2, 0) is 4.74 Å². The SMILES string of the molecule is CCCCCOc1ccc(-c2ccc(OC(=O)OC3CCC(C#N)CC3)cc2)cc1. The second-order valence-corrected chi connectivity index (χ2v) is 7.68. The summed E-state index contributed by atoms with van der Waals surface area (Å²) < 4.78 is 16.4. The van der Waals surface area contributed by atoms with E-state index in [1.807, 2.05) is 36.4 Å². The van der Waals surface area contributed by atoms with Crippen LogP contribution in [0.5, 0.6) is 11.5 Å². The van der Waals surface area contributed by atoms with Crippen LogP contribution < -0.4 is 9.47 Å². The molecule has 158 valence electrons. The molecule has 0 spiro atoms. The molecule has 0 radical (unpaired) electrons. The first-order valence-electron chi connectivity index (χ1n) is 10.8. The zero-order valence-corrected chi connectivity index (χ0v) is 17.5. The van der Waals surface area contributed by atoms with Crippen molar-refractivity contribution in [2.24, 2.45) is 5.92 Å². The third-order valence-electron chi connectivity index (χ3n) is 5.38. The van der Waals surface area contributed by atoms with Crippen LogP contribution >= 0.6 is 0 Å². The number of benzene rings is 2. The standard InChI is InChI=1S/C25H29NO4/c1-2-3-4-17-28-22-13-7-20(8-14-22)21-9-15-24(16-10-21)30-25(27)29-23-11-5-19(18-26)6-12-23/h7-10,13-16,19,23H,2-6,11-12,17H2,1H3. The molecule has 1 aliphatic rings. The molecular formula is C25H29NO4. The van der Waals surface area contributed by atoms with Crippen LogP contribution in [0.15, 0.2) is 48.5 Å². The van der Waals surface area contributed by atoms with E-state index in [-0.39, 0.29) is 12.0 Å². The molecule has 2 aromatic rings. The summed E-state index contributed by atoms with van der Waals surface area (Å²) in [6.45, 7) is 2.92. The number of carbonyl (C=O) groups is 1. The number of rotatable bonds is 8. The number of hydrogen-bond donors (Lipinski definition) is 0. The Kier molecular flexibility index (Phi) is 8.14. The number of nitrogens with zero attached hydrogens (tertiary/aromatic N) is 1. The van der Waals surface area contributed by atoms with Gasteiger partial charge in [0.05, 0.1) is 12.7 Å². The van der Waals surface area contributed by atoms with E-state index in [9.17, 15) is 4.79 Å². The molecule has 0 aliphatic heterocycles. The van der Waals surface area contributed by atoms with Gasteiger partial charge in [-0.2, -0.15) is 5.26 Å². The van der Waals surface area contributed by atoms with Crippen molar-refractivity contribution in [1.29, 1.82) is 5.26 Å². The third kappa shape index (κ3) is 6.52. The molecule has 3 rings (SSSR count). The Morgan fingerprint density at radius 2 is 1.53 bits per heavy atom. The van der Waals surface area contributed by atoms with Crippen LogP contribution in [0.4, 0.5) is 4.79 Å². The Morgan fingerprint density at radius 3 is 2.10 bits per heavy atom. The molecule has 0 heterocycles. The van der Waals surface area contributed by atoms with E-state index in [0.717, 1.165) is 42.7 Å². The molecular weight excluding hydrogens is 378 g/mol. The highest BCUT2D eigenvalue weighted by atomic mass is 16.7. The van der Waals surface area contributed by atoms with Crippen LogP contribution in [-0.4, -0.2) is 18.9 Å². The summed E-state index contributed by atoms with van der Waals surface area (Å²) in [5.74, 6) is 1.40. The van der Waals surface area contributed by atoms with E-state index in [4.69, 9.17) is 19.5 Å². The van der Waals surface area contributed by atoms with Crippen LogP contribution in [0.3, 0.4) is 0 Å². The summed E-state index contributed by atoms with van der Waals surface area (Å²) in [6, 6.07) is 17.6. The predicted octanol–water partition coefficient (Wildman–Crippen LogP) is 6.52. The summed E-state index contributed by atoms with van der Waals surface area (Å²) in [6.07, 6.45) is 5.55. The normalized spacial score (nSPS) is 18.3. The molecule has 0 N–H and O–H groups in total. The maximum atomic E-state index is 12.0. The molecule has 1 saturated carbocycles. The maximum absolute atomic E-state index is 12.0. The lowest BCUT2D eigenvalue weighted by molar-refractivity contribution is 0.0375. The molecule has 5 nitrogen and oxygen atoms in total. The van der Waals surface area contributed by atoms with Crippen molar-refractivity contribution in [3.63, 3.8) is 0 Å². The molecule has 0 amide bonds. The van der Waals surface area contributed by atoms with Crippen molar-refractivity contribution >= 4 is 6.16 Å². The second-order valence-electron chi connectivity index (χ2n) is 7.68. The number of unbranched alkanes of at least 4 members (excludes halogenated alkanes) is 2. The topological polar surface area (TPSA) is 68.6 Å². The molecule has 5 heteroatoms. The average molecular weight is 408 g/mol. The van der Waals surface area contributed by atoms with Gasteiger partial charge in [-0.25, -0.2) is 4.79 Å². The van der Waals surface area contributed by atoms with Crippen molar-refractivity contribution in [1.82, 2.24) is 0 Å². The van der Waals surface area contributed by atoms with Gasteiger partial charge < -0.3 is 14.2 Å². The van der Waals surface area contributed by atoms with E-state index in [1.165, 1.54) is 12.8 Å². The lowest BCUT2D eigenvalue weighted by atomic mass is 9.88. The molecule has 2 aromatic carbocycles. The predicted molar refractivity (Wildman–Crippen MR) is 115 cm³/mol. The van der Waals surface area contributed by atoms with Crippen LogP contribution in [0.1, 0.15) is 51.9 Å². The van der Waals surface area contributed by atoms with Gasteiger partial charge in [0.1, 0.15) is 17.6 Å².